The third-order valence-electron chi connectivity index (χ3n) is 9.44. The highest BCUT2D eigenvalue weighted by Crippen LogP contribution is 2.41. The highest BCUT2D eigenvalue weighted by atomic mass is 32.2. The van der Waals surface area contributed by atoms with Crippen LogP contribution in [-0.2, 0) is 29.9 Å². The Labute approximate surface area is 310 Å². The summed E-state index contributed by atoms with van der Waals surface area (Å²) < 4.78 is 131. The van der Waals surface area contributed by atoms with E-state index in [1.807, 2.05) is 6.26 Å². The molecule has 1 aromatic heterocycles. The van der Waals surface area contributed by atoms with E-state index in [0.717, 1.165) is 12.1 Å². The summed E-state index contributed by atoms with van der Waals surface area (Å²) in [5, 5.41) is 19.9. The molecule has 54 heavy (non-hydrogen) atoms. The Bertz CT molecular complexity index is 1680. The van der Waals surface area contributed by atoms with E-state index < -0.39 is 71.4 Å². The van der Waals surface area contributed by atoms with Crippen molar-refractivity contribution in [3.05, 3.63) is 76.6 Å². The monoisotopic (exact) mass is 796 g/mol. The molecule has 2 aromatic carbocycles. The topological polar surface area (TPSA) is 99.0 Å². The minimum atomic E-state index is -5.15. The van der Waals surface area contributed by atoms with Crippen molar-refractivity contribution >= 4 is 29.4 Å². The average molecular weight is 797 g/mol. The molecule has 0 aliphatic heterocycles. The number of rotatable bonds is 15. The van der Waals surface area contributed by atoms with E-state index >= 15 is 0 Å². The summed E-state index contributed by atoms with van der Waals surface area (Å²) in [7, 11) is 0. The van der Waals surface area contributed by atoms with Crippen LogP contribution in [0.5, 0.6) is 5.75 Å². The van der Waals surface area contributed by atoms with Crippen molar-refractivity contribution in [2.45, 2.75) is 76.8 Å². The number of alkyl halides is 9. The van der Waals surface area contributed by atoms with Crippen molar-refractivity contribution in [2.24, 2.45) is 11.8 Å². The SMILES string of the molecule is CCN(C[C@@H]1CC[C@@H](CC(=O)O)[C@@H](O)C1)c1ccc(C(F)(F)F)cc1CN(c1ncc(OCCSC)cn1)[C@@H](C)c1cc(C(F)(F)F)cc(C(F)(F)F)c1. The molecule has 1 aliphatic rings. The van der Waals surface area contributed by atoms with E-state index in [4.69, 9.17) is 4.74 Å². The number of ether oxygens (including phenoxy) is 1. The molecule has 1 saturated carbocycles. The number of thioether (sulfide) groups is 1. The van der Waals surface area contributed by atoms with Crippen molar-refractivity contribution in [3.8, 4) is 5.75 Å². The second-order valence-electron chi connectivity index (χ2n) is 13.2. The molecule has 0 saturated heterocycles. The van der Waals surface area contributed by atoms with Crippen molar-refractivity contribution in [1.82, 2.24) is 9.97 Å². The summed E-state index contributed by atoms with van der Waals surface area (Å²) in [6.07, 6.45) is -10.6. The number of anilines is 2. The number of aliphatic carboxylic acids is 1. The molecule has 0 bridgehead atoms. The van der Waals surface area contributed by atoms with Gasteiger partial charge >= 0.3 is 24.5 Å². The lowest BCUT2D eigenvalue weighted by molar-refractivity contribution is -0.143. The second-order valence-corrected chi connectivity index (χ2v) is 14.2. The van der Waals surface area contributed by atoms with Gasteiger partial charge in [0.1, 0.15) is 0 Å². The summed E-state index contributed by atoms with van der Waals surface area (Å²) in [6.45, 7) is 3.42. The summed E-state index contributed by atoms with van der Waals surface area (Å²) in [6, 6.07) is 2.79. The fourth-order valence-electron chi connectivity index (χ4n) is 6.57. The van der Waals surface area contributed by atoms with E-state index in [2.05, 4.69) is 9.97 Å². The third kappa shape index (κ3) is 11.3. The van der Waals surface area contributed by atoms with Gasteiger partial charge in [-0.2, -0.15) is 51.3 Å². The number of hydrogen-bond acceptors (Lipinski definition) is 8. The standard InChI is InChI=1S/C36H41F9N4O4S/c1-4-48(19-22-5-6-23(15-32(51)52)31(50)11-22)30-8-7-26(34(37,38)39)14-25(30)20-49(33-46-17-29(18-47-33)53-9-10-54-3)21(2)24-12-27(35(40,41)42)16-28(13-24)36(43,44)45/h7-8,12-14,16-18,21-23,31,50H,4-6,9-11,15,19-20H2,1-3H3,(H,51,52)/t21-,22+,23-,31-/m0/s1. The Morgan fingerprint density at radius 2 is 1.56 bits per heavy atom. The van der Waals surface area contributed by atoms with Crippen LogP contribution in [0.15, 0.2) is 48.8 Å². The largest absolute Gasteiger partial charge is 0.489 e. The van der Waals surface area contributed by atoms with Crippen LogP contribution in [0.25, 0.3) is 0 Å². The highest BCUT2D eigenvalue weighted by molar-refractivity contribution is 7.98. The number of aliphatic hydroxyl groups is 1. The van der Waals surface area contributed by atoms with Gasteiger partial charge in [-0.1, -0.05) is 0 Å². The Kier molecular flexibility index (Phi) is 14.0. The zero-order chi connectivity index (χ0) is 40.0. The third-order valence-corrected chi connectivity index (χ3v) is 10.0. The van der Waals surface area contributed by atoms with Crippen LogP contribution >= 0.6 is 11.8 Å². The zero-order valence-corrected chi connectivity index (χ0v) is 30.4. The molecule has 4 rings (SSSR count). The molecule has 1 heterocycles. The number of hydrogen-bond donors (Lipinski definition) is 2. The lowest BCUT2D eigenvalue weighted by Gasteiger charge is -2.37. The van der Waals surface area contributed by atoms with Gasteiger partial charge in [-0.3, -0.25) is 4.79 Å². The first-order valence-electron chi connectivity index (χ1n) is 17.1. The molecule has 0 radical (unpaired) electrons. The van der Waals surface area contributed by atoms with Crippen molar-refractivity contribution in [1.29, 1.82) is 0 Å². The highest BCUT2D eigenvalue weighted by Gasteiger charge is 2.39. The van der Waals surface area contributed by atoms with Crippen molar-refractivity contribution in [2.75, 3.05) is 41.5 Å². The predicted molar refractivity (Wildman–Crippen MR) is 185 cm³/mol. The van der Waals surface area contributed by atoms with E-state index in [-0.39, 0.29) is 61.8 Å². The molecule has 0 unspecified atom stereocenters. The van der Waals surface area contributed by atoms with Gasteiger partial charge in [0.05, 0.1) is 54.3 Å². The number of nitrogens with zero attached hydrogens (tertiary/aromatic N) is 4. The van der Waals surface area contributed by atoms with Gasteiger partial charge in [-0.15, -0.1) is 0 Å². The Hall–Kier alpha value is -3.93. The van der Waals surface area contributed by atoms with Gasteiger partial charge in [-0.25, -0.2) is 9.97 Å². The van der Waals surface area contributed by atoms with E-state index in [0.29, 0.717) is 36.4 Å². The molecule has 1 aliphatic carbocycles. The van der Waals surface area contributed by atoms with Gasteiger partial charge in [0.25, 0.3) is 0 Å². The number of benzene rings is 2. The first-order valence-corrected chi connectivity index (χ1v) is 18.4. The molecule has 8 nitrogen and oxygen atoms in total. The molecule has 3 aromatic rings. The van der Waals surface area contributed by atoms with E-state index in [1.54, 1.807) is 11.8 Å². The average Bonchev–Trinajstić information content (AvgIpc) is 3.09. The minimum absolute atomic E-state index is 0.00606. The lowest BCUT2D eigenvalue weighted by Crippen LogP contribution is -2.38. The zero-order valence-electron chi connectivity index (χ0n) is 29.6. The fourth-order valence-corrected chi connectivity index (χ4v) is 6.82. The summed E-state index contributed by atoms with van der Waals surface area (Å²) in [5.74, 6) is -1.00. The normalized spacial score (nSPS) is 18.6. The van der Waals surface area contributed by atoms with Crippen LogP contribution < -0.4 is 14.5 Å². The van der Waals surface area contributed by atoms with E-state index in [1.165, 1.54) is 42.0 Å². The Morgan fingerprint density at radius 1 is 0.944 bits per heavy atom. The molecule has 18 heteroatoms. The molecule has 0 amide bonds. The molecule has 2 N–H and O–H groups in total. The van der Waals surface area contributed by atoms with Gasteiger partial charge in [-0.05, 0) is 98.7 Å². The number of carboxylic acids is 1. The van der Waals surface area contributed by atoms with Gasteiger partial charge in [0.2, 0.25) is 5.95 Å². The molecule has 1 fully saturated rings. The molecule has 298 valence electrons. The number of halogens is 9. The maximum absolute atomic E-state index is 14.1. The van der Waals surface area contributed by atoms with Crippen LogP contribution in [0.3, 0.4) is 0 Å². The quantitative estimate of drug-likeness (QED) is 0.115. The lowest BCUT2D eigenvalue weighted by atomic mass is 9.78. The fraction of sp³-hybridized carbons (Fsp3) is 0.528. The maximum Gasteiger partial charge on any atom is 0.416 e. The van der Waals surface area contributed by atoms with Crippen LogP contribution in [0.2, 0.25) is 0 Å². The molecule has 0 spiro atoms. The van der Waals surface area contributed by atoms with Crippen LogP contribution in [-0.4, -0.2) is 64.0 Å². The summed E-state index contributed by atoms with van der Waals surface area (Å²) >= 11 is 1.51. The van der Waals surface area contributed by atoms with E-state index in [9.17, 15) is 54.5 Å². The van der Waals surface area contributed by atoms with Crippen LogP contribution in [0.4, 0.5) is 51.1 Å². The number of aromatic nitrogens is 2. The predicted octanol–water partition coefficient (Wildman–Crippen LogP) is 9.12. The van der Waals surface area contributed by atoms with Crippen LogP contribution in [0, 0.1) is 11.8 Å². The van der Waals surface area contributed by atoms with Crippen LogP contribution in [0.1, 0.15) is 73.4 Å². The second kappa shape index (κ2) is 17.7. The Morgan fingerprint density at radius 3 is 2.07 bits per heavy atom. The summed E-state index contributed by atoms with van der Waals surface area (Å²) in [5.41, 5.74) is -4.25. The Balaban J connectivity index is 1.81. The number of carboxylic acid groups (broad SMARTS) is 1. The number of carbonyl (C=O) groups is 1. The smallest absolute Gasteiger partial charge is 0.416 e. The maximum atomic E-state index is 14.1. The minimum Gasteiger partial charge on any atom is -0.489 e. The van der Waals surface area contributed by atoms with Crippen molar-refractivity contribution in [3.63, 3.8) is 0 Å². The van der Waals surface area contributed by atoms with Gasteiger partial charge in [0.15, 0.2) is 5.75 Å². The first-order chi connectivity index (χ1) is 25.2. The van der Waals surface area contributed by atoms with Crippen molar-refractivity contribution < 1.29 is 59.3 Å². The van der Waals surface area contributed by atoms with Gasteiger partial charge in [0, 0.05) is 31.1 Å². The summed E-state index contributed by atoms with van der Waals surface area (Å²) in [4.78, 5) is 22.8. The molecule has 4 atom stereocenters. The number of aliphatic hydroxyl groups excluding tert-OH is 1. The first kappa shape index (κ1) is 42.8. The molecular formula is C36H41F9N4O4S. The van der Waals surface area contributed by atoms with Gasteiger partial charge < -0.3 is 24.7 Å². The molecular weight excluding hydrogens is 755 g/mol.